The molecule has 0 saturated carbocycles. The number of aromatic nitrogens is 2. The summed E-state index contributed by atoms with van der Waals surface area (Å²) in [6, 6.07) is 6.50. The third-order valence-electron chi connectivity index (χ3n) is 3.37. The highest BCUT2D eigenvalue weighted by Gasteiger charge is 2.24. The van der Waals surface area contributed by atoms with E-state index in [4.69, 9.17) is 5.73 Å². The summed E-state index contributed by atoms with van der Waals surface area (Å²) in [5.74, 6) is 2.03. The standard InChI is InChI=1S/C15H18FN5S/c1-2-7-22-15-19-13(17)12-14(20-15)21(9-18-12)8-10-3-5-11(16)6-4-10/h3-6,18H,2,7-9H2,1H3,(H2,17,19,20). The third kappa shape index (κ3) is 3.09. The SMILES string of the molecule is CCCSc1nc(N)c2c(n1)N(Cc1ccc(F)cc1)CN2. The van der Waals surface area contributed by atoms with Crippen molar-refractivity contribution in [1.29, 1.82) is 0 Å². The Morgan fingerprint density at radius 3 is 2.82 bits per heavy atom. The van der Waals surface area contributed by atoms with Crippen LogP contribution in [0.5, 0.6) is 0 Å². The fourth-order valence-corrected chi connectivity index (χ4v) is 2.99. The van der Waals surface area contributed by atoms with Crippen molar-refractivity contribution in [3.8, 4) is 0 Å². The molecule has 22 heavy (non-hydrogen) atoms. The third-order valence-corrected chi connectivity index (χ3v) is 4.42. The van der Waals surface area contributed by atoms with E-state index in [0.29, 0.717) is 24.2 Å². The first kappa shape index (κ1) is 14.9. The minimum atomic E-state index is -0.228. The molecule has 0 bridgehead atoms. The number of halogens is 1. The molecule has 7 heteroatoms. The quantitative estimate of drug-likeness (QED) is 0.652. The summed E-state index contributed by atoms with van der Waals surface area (Å²) in [6.45, 7) is 3.38. The Balaban J connectivity index is 1.83. The molecule has 0 radical (unpaired) electrons. The van der Waals surface area contributed by atoms with E-state index >= 15 is 0 Å². The second-order valence-electron chi connectivity index (χ2n) is 5.10. The van der Waals surface area contributed by atoms with Gasteiger partial charge in [-0.2, -0.15) is 0 Å². The molecule has 1 aliphatic rings. The number of hydrogen-bond donors (Lipinski definition) is 2. The van der Waals surface area contributed by atoms with Crippen LogP contribution in [-0.2, 0) is 6.54 Å². The first-order chi connectivity index (χ1) is 10.7. The number of anilines is 3. The maximum absolute atomic E-state index is 13.0. The highest BCUT2D eigenvalue weighted by atomic mass is 32.2. The van der Waals surface area contributed by atoms with Gasteiger partial charge in [0.15, 0.2) is 16.8 Å². The predicted octanol–water partition coefficient (Wildman–Crippen LogP) is 3.09. The van der Waals surface area contributed by atoms with Crippen molar-refractivity contribution < 1.29 is 4.39 Å². The lowest BCUT2D eigenvalue weighted by atomic mass is 10.2. The molecule has 2 heterocycles. The summed E-state index contributed by atoms with van der Waals surface area (Å²) in [5, 5.41) is 3.93. The summed E-state index contributed by atoms with van der Waals surface area (Å²) >= 11 is 1.60. The summed E-state index contributed by atoms with van der Waals surface area (Å²) in [7, 11) is 0. The van der Waals surface area contributed by atoms with Gasteiger partial charge < -0.3 is 16.0 Å². The van der Waals surface area contributed by atoms with E-state index in [-0.39, 0.29) is 5.82 Å². The van der Waals surface area contributed by atoms with E-state index in [1.165, 1.54) is 12.1 Å². The van der Waals surface area contributed by atoms with E-state index in [1.54, 1.807) is 23.9 Å². The second-order valence-corrected chi connectivity index (χ2v) is 6.16. The highest BCUT2D eigenvalue weighted by molar-refractivity contribution is 7.99. The molecule has 0 saturated heterocycles. The normalized spacial score (nSPS) is 13.1. The first-order valence-corrected chi connectivity index (χ1v) is 8.19. The smallest absolute Gasteiger partial charge is 0.191 e. The van der Waals surface area contributed by atoms with Crippen LogP contribution in [0.25, 0.3) is 0 Å². The average molecular weight is 319 g/mol. The molecule has 0 unspecified atom stereocenters. The zero-order valence-electron chi connectivity index (χ0n) is 12.3. The van der Waals surface area contributed by atoms with Gasteiger partial charge in [0.2, 0.25) is 0 Å². The maximum Gasteiger partial charge on any atom is 0.191 e. The Morgan fingerprint density at radius 2 is 2.09 bits per heavy atom. The topological polar surface area (TPSA) is 67.1 Å². The molecule has 0 fully saturated rings. The van der Waals surface area contributed by atoms with Gasteiger partial charge in [-0.05, 0) is 24.1 Å². The molecule has 116 valence electrons. The van der Waals surface area contributed by atoms with Crippen LogP contribution in [0.2, 0.25) is 0 Å². The van der Waals surface area contributed by atoms with Gasteiger partial charge in [0.25, 0.3) is 0 Å². The van der Waals surface area contributed by atoms with Crippen LogP contribution < -0.4 is 16.0 Å². The van der Waals surface area contributed by atoms with E-state index in [9.17, 15) is 4.39 Å². The number of nitrogens with two attached hydrogens (primary N) is 1. The van der Waals surface area contributed by atoms with Crippen molar-refractivity contribution in [1.82, 2.24) is 9.97 Å². The van der Waals surface area contributed by atoms with Crippen molar-refractivity contribution in [3.05, 3.63) is 35.6 Å². The molecule has 0 aliphatic carbocycles. The van der Waals surface area contributed by atoms with Crippen LogP contribution in [0.3, 0.4) is 0 Å². The lowest BCUT2D eigenvalue weighted by molar-refractivity contribution is 0.626. The fraction of sp³-hybridized carbons (Fsp3) is 0.333. The number of rotatable bonds is 5. The van der Waals surface area contributed by atoms with Crippen LogP contribution in [0.15, 0.2) is 29.4 Å². The lowest BCUT2D eigenvalue weighted by Gasteiger charge is -2.17. The van der Waals surface area contributed by atoms with Gasteiger partial charge in [-0.1, -0.05) is 30.8 Å². The van der Waals surface area contributed by atoms with Crippen LogP contribution in [-0.4, -0.2) is 22.4 Å². The molecule has 0 spiro atoms. The highest BCUT2D eigenvalue weighted by Crippen LogP contribution is 2.36. The van der Waals surface area contributed by atoms with Gasteiger partial charge in [0.05, 0.1) is 6.67 Å². The monoisotopic (exact) mass is 319 g/mol. The van der Waals surface area contributed by atoms with Crippen molar-refractivity contribution >= 4 is 29.1 Å². The Labute approximate surface area is 133 Å². The van der Waals surface area contributed by atoms with E-state index in [0.717, 1.165) is 29.2 Å². The molecule has 3 rings (SSSR count). The van der Waals surface area contributed by atoms with E-state index in [2.05, 4.69) is 27.1 Å². The number of nitrogens with zero attached hydrogens (tertiary/aromatic N) is 3. The zero-order valence-corrected chi connectivity index (χ0v) is 13.2. The summed E-state index contributed by atoms with van der Waals surface area (Å²) < 4.78 is 13.0. The largest absolute Gasteiger partial charge is 0.382 e. The van der Waals surface area contributed by atoms with Gasteiger partial charge >= 0.3 is 0 Å². The number of benzene rings is 1. The van der Waals surface area contributed by atoms with Crippen molar-refractivity contribution in [3.63, 3.8) is 0 Å². The molecule has 3 N–H and O–H groups in total. The number of thioether (sulfide) groups is 1. The molecule has 1 aliphatic heterocycles. The van der Waals surface area contributed by atoms with Crippen LogP contribution in [0, 0.1) is 5.82 Å². The van der Waals surface area contributed by atoms with Crippen LogP contribution >= 0.6 is 11.8 Å². The summed E-state index contributed by atoms with van der Waals surface area (Å²) in [4.78, 5) is 11.0. The molecule has 1 aromatic carbocycles. The first-order valence-electron chi connectivity index (χ1n) is 7.21. The number of nitrogen functional groups attached to an aromatic ring is 1. The predicted molar refractivity (Wildman–Crippen MR) is 88.5 cm³/mol. The van der Waals surface area contributed by atoms with Crippen molar-refractivity contribution in [2.75, 3.05) is 28.4 Å². The summed E-state index contributed by atoms with van der Waals surface area (Å²) in [6.07, 6.45) is 1.06. The Bertz CT molecular complexity index is 662. The molecule has 0 atom stereocenters. The van der Waals surface area contributed by atoms with Gasteiger partial charge in [0.1, 0.15) is 11.5 Å². The van der Waals surface area contributed by atoms with Crippen molar-refractivity contribution in [2.24, 2.45) is 0 Å². The Morgan fingerprint density at radius 1 is 1.32 bits per heavy atom. The van der Waals surface area contributed by atoms with Gasteiger partial charge in [0, 0.05) is 12.3 Å². The second kappa shape index (κ2) is 6.39. The van der Waals surface area contributed by atoms with Crippen LogP contribution in [0.1, 0.15) is 18.9 Å². The Kier molecular flexibility index (Phi) is 4.33. The number of hydrogen-bond acceptors (Lipinski definition) is 6. The molecular weight excluding hydrogens is 301 g/mol. The average Bonchev–Trinajstić information content (AvgIpc) is 2.91. The molecule has 0 amide bonds. The zero-order chi connectivity index (χ0) is 15.5. The molecular formula is C15H18FN5S. The van der Waals surface area contributed by atoms with E-state index < -0.39 is 0 Å². The molecule has 5 nitrogen and oxygen atoms in total. The minimum Gasteiger partial charge on any atom is -0.382 e. The minimum absolute atomic E-state index is 0.228. The van der Waals surface area contributed by atoms with Gasteiger partial charge in [-0.15, -0.1) is 0 Å². The van der Waals surface area contributed by atoms with E-state index in [1.807, 2.05) is 0 Å². The fourth-order valence-electron chi connectivity index (χ4n) is 2.29. The number of nitrogens with one attached hydrogen (secondary N) is 1. The molecule has 1 aromatic heterocycles. The maximum atomic E-state index is 13.0. The lowest BCUT2D eigenvalue weighted by Crippen LogP contribution is -2.22. The van der Waals surface area contributed by atoms with Gasteiger partial charge in [-0.3, -0.25) is 0 Å². The number of fused-ring (bicyclic) bond motifs is 1. The van der Waals surface area contributed by atoms with Crippen LogP contribution in [0.4, 0.5) is 21.7 Å². The molecule has 2 aromatic rings. The van der Waals surface area contributed by atoms with Crippen molar-refractivity contribution in [2.45, 2.75) is 25.0 Å². The van der Waals surface area contributed by atoms with Gasteiger partial charge in [-0.25, -0.2) is 14.4 Å². The Hall–Kier alpha value is -2.02. The summed E-state index contributed by atoms with van der Waals surface area (Å²) in [5.41, 5.74) is 7.82.